The maximum absolute atomic E-state index is 13.8. The van der Waals surface area contributed by atoms with Gasteiger partial charge in [0.25, 0.3) is 5.91 Å². The van der Waals surface area contributed by atoms with E-state index in [0.717, 1.165) is 24.3 Å². The molecule has 1 saturated heterocycles. The Labute approximate surface area is 314 Å². The second-order valence-electron chi connectivity index (χ2n) is 12.0. The molecule has 0 radical (unpaired) electrons. The van der Waals surface area contributed by atoms with Gasteiger partial charge in [0.1, 0.15) is 11.4 Å². The summed E-state index contributed by atoms with van der Waals surface area (Å²) < 4.78 is 10.7. The van der Waals surface area contributed by atoms with Crippen LogP contribution in [0.15, 0.2) is 69.8 Å². The topological polar surface area (TPSA) is 105 Å². The van der Waals surface area contributed by atoms with Crippen LogP contribution < -0.4 is 15.2 Å². The molecule has 4 rings (SSSR count). The van der Waals surface area contributed by atoms with Gasteiger partial charge in [0, 0.05) is 5.02 Å². The number of nitrogens with one attached hydrogen (secondary N) is 1. The Bertz CT molecular complexity index is 1630. The van der Waals surface area contributed by atoms with Gasteiger partial charge in [-0.3, -0.25) is 10.2 Å². The number of nitrogens with zero attached hydrogens (tertiary/aromatic N) is 4. The quantitative estimate of drug-likeness (QED) is 0.0743. The van der Waals surface area contributed by atoms with Crippen LogP contribution in [0.4, 0.5) is 17.1 Å². The Morgan fingerprint density at radius 2 is 1.40 bits per heavy atom. The summed E-state index contributed by atoms with van der Waals surface area (Å²) in [7, 11) is 1.56. The van der Waals surface area contributed by atoms with E-state index in [1.54, 1.807) is 49.6 Å². The highest BCUT2D eigenvalue weighted by Crippen LogP contribution is 2.37. The van der Waals surface area contributed by atoms with Crippen molar-refractivity contribution in [2.45, 2.75) is 90.0 Å². The Kier molecular flexibility index (Phi) is 16.1. The van der Waals surface area contributed by atoms with Crippen LogP contribution in [0, 0.1) is 0 Å². The molecular formula is C37H43Cl4N5O4. The molecule has 1 amide bonds. The minimum Gasteiger partial charge on any atom is -0.497 e. The average molecular weight is 764 g/mol. The van der Waals surface area contributed by atoms with Crippen LogP contribution in [-0.2, 0) is 9.53 Å². The van der Waals surface area contributed by atoms with E-state index in [9.17, 15) is 9.59 Å². The molecule has 1 atom stereocenters. The first-order valence-corrected chi connectivity index (χ1v) is 18.6. The molecule has 1 N–H and O–H groups in total. The normalized spacial score (nSPS) is 15.2. The van der Waals surface area contributed by atoms with E-state index in [0.29, 0.717) is 33.8 Å². The summed E-state index contributed by atoms with van der Waals surface area (Å²) in [4.78, 5) is 31.2. The number of azo groups is 1. The number of methoxy groups -OCH3 is 1. The molecule has 0 saturated carbocycles. The molecule has 1 fully saturated rings. The van der Waals surface area contributed by atoms with E-state index in [-0.39, 0.29) is 27.1 Å². The van der Waals surface area contributed by atoms with Crippen molar-refractivity contribution in [3.8, 4) is 5.75 Å². The number of hydrogen-bond acceptors (Lipinski definition) is 7. The zero-order valence-corrected chi connectivity index (χ0v) is 31.4. The summed E-state index contributed by atoms with van der Waals surface area (Å²) in [6, 6.07) is 13.2. The lowest BCUT2D eigenvalue weighted by Gasteiger charge is -2.19. The summed E-state index contributed by atoms with van der Waals surface area (Å²) in [6.07, 6.45) is 14.6. The number of carbonyl (C=O) groups excluding carboxylic acids is 2. The van der Waals surface area contributed by atoms with E-state index < -0.39 is 17.9 Å². The highest BCUT2D eigenvalue weighted by molar-refractivity contribution is 6.41. The van der Waals surface area contributed by atoms with Gasteiger partial charge in [0.15, 0.2) is 5.84 Å². The van der Waals surface area contributed by atoms with E-state index in [2.05, 4.69) is 27.6 Å². The minimum atomic E-state index is -1.21. The molecule has 0 bridgehead atoms. The summed E-state index contributed by atoms with van der Waals surface area (Å²) >= 11 is 25.8. The monoisotopic (exact) mass is 761 g/mol. The molecule has 0 spiro atoms. The zero-order valence-electron chi connectivity index (χ0n) is 28.4. The SMILES string of the molecule is CCCCCCCCCCCCCCOC(=O)c1cc(Cl)c(N2NC(=Nc3cc(Cl)ccc3Cl)C(N=Nc3ccc(OC)cc3)C2=O)c(Cl)c1. The number of unbranched alkanes of at least 4 members (excludes halogenated alkanes) is 11. The fourth-order valence-electron chi connectivity index (χ4n) is 5.39. The number of hydrogen-bond donors (Lipinski definition) is 1. The third-order valence-electron chi connectivity index (χ3n) is 8.16. The number of esters is 1. The molecule has 268 valence electrons. The number of carbonyl (C=O) groups is 2. The van der Waals surface area contributed by atoms with Crippen LogP contribution >= 0.6 is 46.4 Å². The minimum absolute atomic E-state index is 0.0449. The third kappa shape index (κ3) is 11.6. The number of hydrazine groups is 1. The highest BCUT2D eigenvalue weighted by atomic mass is 35.5. The molecule has 1 aliphatic rings. The summed E-state index contributed by atoms with van der Waals surface area (Å²) in [5.41, 5.74) is 4.02. The lowest BCUT2D eigenvalue weighted by molar-refractivity contribution is -0.117. The molecule has 50 heavy (non-hydrogen) atoms. The number of amides is 1. The number of aliphatic imine (C=N–C) groups is 1. The smallest absolute Gasteiger partial charge is 0.338 e. The number of benzene rings is 3. The number of rotatable bonds is 19. The summed E-state index contributed by atoms with van der Waals surface area (Å²) in [6.45, 7) is 2.54. The molecule has 9 nitrogen and oxygen atoms in total. The molecule has 13 heteroatoms. The maximum atomic E-state index is 13.8. The Morgan fingerprint density at radius 1 is 0.800 bits per heavy atom. The van der Waals surface area contributed by atoms with Gasteiger partial charge in [-0.15, -0.1) is 0 Å². The predicted molar refractivity (Wildman–Crippen MR) is 203 cm³/mol. The number of ether oxygens (including phenoxy) is 2. The van der Waals surface area contributed by atoms with Crippen molar-refractivity contribution in [2.75, 3.05) is 18.7 Å². The van der Waals surface area contributed by atoms with Gasteiger partial charge in [0.05, 0.1) is 45.7 Å². The van der Waals surface area contributed by atoms with Gasteiger partial charge in [-0.05, 0) is 61.0 Å². The van der Waals surface area contributed by atoms with Crippen LogP contribution in [0.5, 0.6) is 5.75 Å². The predicted octanol–water partition coefficient (Wildman–Crippen LogP) is 11.9. The lowest BCUT2D eigenvalue weighted by atomic mass is 10.1. The zero-order chi connectivity index (χ0) is 35.9. The van der Waals surface area contributed by atoms with Crippen LogP contribution in [0.2, 0.25) is 20.1 Å². The molecule has 1 heterocycles. The van der Waals surface area contributed by atoms with Gasteiger partial charge < -0.3 is 9.47 Å². The average Bonchev–Trinajstić information content (AvgIpc) is 3.40. The highest BCUT2D eigenvalue weighted by Gasteiger charge is 2.41. The maximum Gasteiger partial charge on any atom is 0.338 e. The van der Waals surface area contributed by atoms with Crippen molar-refractivity contribution in [3.63, 3.8) is 0 Å². The van der Waals surface area contributed by atoms with Crippen molar-refractivity contribution in [1.82, 2.24) is 5.43 Å². The number of anilines is 1. The fraction of sp³-hybridized carbons (Fsp3) is 0.432. The third-order valence-corrected chi connectivity index (χ3v) is 9.29. The van der Waals surface area contributed by atoms with Crippen molar-refractivity contribution >= 4 is 81.2 Å². The molecule has 3 aromatic carbocycles. The standard InChI is InChI=1S/C37H43Cl4N5O4/c1-3-4-5-6-7-8-9-10-11-12-13-14-21-50-37(48)25-22-30(40)34(31(41)23-25)46-36(47)33(44-43-27-16-18-28(49-2)19-17-27)35(45-46)42-32-24-26(38)15-20-29(32)39/h15-20,22-24,33H,3-14,21H2,1-2H3,(H,42,45). The van der Waals surface area contributed by atoms with Gasteiger partial charge >= 0.3 is 5.97 Å². The second kappa shape index (κ2) is 20.5. The molecular weight excluding hydrogens is 720 g/mol. The molecule has 1 unspecified atom stereocenters. The molecule has 0 aliphatic carbocycles. The number of halogens is 4. The molecule has 1 aliphatic heterocycles. The summed E-state index contributed by atoms with van der Waals surface area (Å²) in [5.74, 6) is -0.361. The first kappa shape index (κ1) is 39.4. The number of amidine groups is 1. The van der Waals surface area contributed by atoms with Crippen LogP contribution in [-0.4, -0.2) is 37.5 Å². The van der Waals surface area contributed by atoms with E-state index in [4.69, 9.17) is 55.9 Å². The van der Waals surface area contributed by atoms with Gasteiger partial charge in [-0.2, -0.15) is 10.2 Å². The summed E-state index contributed by atoms with van der Waals surface area (Å²) in [5, 5.41) is 10.5. The Balaban J connectivity index is 1.38. The van der Waals surface area contributed by atoms with E-state index >= 15 is 0 Å². The van der Waals surface area contributed by atoms with Gasteiger partial charge in [0.2, 0.25) is 6.04 Å². The van der Waals surface area contributed by atoms with E-state index in [1.165, 1.54) is 69.9 Å². The van der Waals surface area contributed by atoms with Crippen molar-refractivity contribution in [3.05, 3.63) is 80.3 Å². The molecule has 0 aromatic heterocycles. The van der Waals surface area contributed by atoms with Crippen LogP contribution in [0.1, 0.15) is 94.3 Å². The Morgan fingerprint density at radius 3 is 2.00 bits per heavy atom. The first-order chi connectivity index (χ1) is 24.2. The van der Waals surface area contributed by atoms with Crippen molar-refractivity contribution < 1.29 is 19.1 Å². The fourth-order valence-corrected chi connectivity index (χ4v) is 6.37. The van der Waals surface area contributed by atoms with Crippen molar-refractivity contribution in [1.29, 1.82) is 0 Å². The van der Waals surface area contributed by atoms with Gasteiger partial charge in [-0.1, -0.05) is 124 Å². The van der Waals surface area contributed by atoms with E-state index in [1.807, 2.05) is 0 Å². The Hall–Kier alpha value is -3.37. The molecule has 3 aromatic rings. The van der Waals surface area contributed by atoms with Crippen molar-refractivity contribution in [2.24, 2.45) is 15.2 Å². The van der Waals surface area contributed by atoms with Crippen LogP contribution in [0.25, 0.3) is 0 Å². The first-order valence-electron chi connectivity index (χ1n) is 17.1. The largest absolute Gasteiger partial charge is 0.497 e. The van der Waals surface area contributed by atoms with Gasteiger partial charge in [-0.25, -0.2) is 14.8 Å². The second-order valence-corrected chi connectivity index (χ2v) is 13.7. The lowest BCUT2D eigenvalue weighted by Crippen LogP contribution is -2.36. The van der Waals surface area contributed by atoms with Crippen LogP contribution in [0.3, 0.4) is 0 Å².